The Morgan fingerprint density at radius 1 is 0.528 bits per heavy atom. The summed E-state index contributed by atoms with van der Waals surface area (Å²) >= 11 is 0. The van der Waals surface area contributed by atoms with Crippen LogP contribution < -0.4 is 0 Å². The molecule has 2 radical (unpaired) electrons. The first kappa shape index (κ1) is 38.8. The Labute approximate surface area is 246 Å². The zero-order valence-corrected chi connectivity index (χ0v) is 26.9. The fourth-order valence-corrected chi connectivity index (χ4v) is 3.79. The molecule has 0 fully saturated rings. The number of benzene rings is 3. The largest absolute Gasteiger partial charge is 2.00 e. The molecule has 3 aromatic carbocycles. The molecular formula is C34H48Mn2. The summed E-state index contributed by atoms with van der Waals surface area (Å²) in [5.41, 5.74) is 11.5. The molecule has 0 unspecified atom stereocenters. The van der Waals surface area contributed by atoms with Gasteiger partial charge in [0.2, 0.25) is 0 Å². The van der Waals surface area contributed by atoms with Gasteiger partial charge in [0, 0.05) is 0 Å². The normalized spacial score (nSPS) is 9.11. The quantitative estimate of drug-likeness (QED) is 0.219. The Hall–Kier alpha value is -1.69. The van der Waals surface area contributed by atoms with Crippen LogP contribution in [0.3, 0.4) is 0 Å². The van der Waals surface area contributed by atoms with Crippen molar-refractivity contribution in [1.82, 2.24) is 0 Å². The summed E-state index contributed by atoms with van der Waals surface area (Å²) in [4.78, 5) is 0. The van der Waals surface area contributed by atoms with Crippen LogP contribution in [0.25, 0.3) is 0 Å². The average molecular weight is 567 g/mol. The van der Waals surface area contributed by atoms with Crippen molar-refractivity contribution >= 4 is 0 Å². The van der Waals surface area contributed by atoms with Crippen LogP contribution in [0, 0.1) is 60.3 Å². The average Bonchev–Trinajstić information content (AvgIpc) is 2.67. The first-order valence-electron chi connectivity index (χ1n) is 12.4. The predicted octanol–water partition coefficient (Wildman–Crippen LogP) is 10.1. The van der Waals surface area contributed by atoms with Crippen molar-refractivity contribution in [2.24, 2.45) is 0 Å². The molecule has 2 heteroatoms. The second-order valence-electron chi connectivity index (χ2n) is 9.58. The summed E-state index contributed by atoms with van der Waals surface area (Å²) in [7, 11) is 0. The van der Waals surface area contributed by atoms with Gasteiger partial charge < -0.3 is 5.92 Å². The molecule has 0 amide bonds. The molecule has 198 valence electrons. The Balaban J connectivity index is -0.000000430. The van der Waals surface area contributed by atoms with Crippen molar-refractivity contribution in [1.29, 1.82) is 0 Å². The van der Waals surface area contributed by atoms with Gasteiger partial charge in [-0.1, -0.05) is 80.5 Å². The van der Waals surface area contributed by atoms with Crippen LogP contribution >= 0.6 is 0 Å². The van der Waals surface area contributed by atoms with Gasteiger partial charge in [-0.05, 0) is 0 Å². The molecule has 36 heavy (non-hydrogen) atoms. The van der Waals surface area contributed by atoms with E-state index in [1.165, 1.54) is 50.8 Å². The van der Waals surface area contributed by atoms with E-state index >= 15 is 0 Å². The monoisotopic (exact) mass is 566 g/mol. The van der Waals surface area contributed by atoms with Gasteiger partial charge in [-0.3, -0.25) is 0 Å². The van der Waals surface area contributed by atoms with Gasteiger partial charge in [-0.2, -0.15) is 93.1 Å². The molecular weight excluding hydrogens is 518 g/mol. The molecule has 0 aliphatic heterocycles. The molecule has 0 atom stereocenters. The zero-order chi connectivity index (χ0) is 26.4. The topological polar surface area (TPSA) is 0 Å². The van der Waals surface area contributed by atoms with E-state index in [4.69, 9.17) is 0 Å². The minimum Gasteiger partial charge on any atom is -0.316 e. The first-order valence-corrected chi connectivity index (χ1v) is 12.4. The van der Waals surface area contributed by atoms with Crippen LogP contribution in [0.15, 0.2) is 54.6 Å². The van der Waals surface area contributed by atoms with E-state index in [1.807, 2.05) is 13.8 Å². The van der Waals surface area contributed by atoms with E-state index in [9.17, 15) is 0 Å². The second-order valence-corrected chi connectivity index (χ2v) is 9.58. The van der Waals surface area contributed by atoms with E-state index in [2.05, 4.69) is 131 Å². The van der Waals surface area contributed by atoms with E-state index in [1.54, 1.807) is 0 Å². The summed E-state index contributed by atoms with van der Waals surface area (Å²) in [6.45, 7) is 31.0. The van der Waals surface area contributed by atoms with Crippen LogP contribution in [0.1, 0.15) is 91.6 Å². The molecule has 3 aromatic rings. The van der Waals surface area contributed by atoms with Crippen molar-refractivity contribution in [2.75, 3.05) is 0 Å². The van der Waals surface area contributed by atoms with Crippen molar-refractivity contribution in [3.8, 4) is 0 Å². The Kier molecular flexibility index (Phi) is 22.0. The van der Waals surface area contributed by atoms with Crippen molar-refractivity contribution in [3.63, 3.8) is 0 Å². The smallest absolute Gasteiger partial charge is 0.316 e. The molecule has 0 aliphatic carbocycles. The van der Waals surface area contributed by atoms with Gasteiger partial charge >= 0.3 is 34.1 Å². The van der Waals surface area contributed by atoms with Crippen molar-refractivity contribution in [3.05, 3.63) is 130 Å². The minimum absolute atomic E-state index is 0. The van der Waals surface area contributed by atoms with Gasteiger partial charge in [-0.25, -0.2) is 0 Å². The molecule has 0 nitrogen and oxygen atoms in total. The van der Waals surface area contributed by atoms with E-state index < -0.39 is 0 Å². The molecule has 0 bridgehead atoms. The zero-order valence-electron chi connectivity index (χ0n) is 24.6. The summed E-state index contributed by atoms with van der Waals surface area (Å²) in [6, 6.07) is 19.4. The Bertz CT molecular complexity index is 893. The third kappa shape index (κ3) is 17.7. The third-order valence-electron chi connectivity index (χ3n) is 4.84. The van der Waals surface area contributed by atoms with Gasteiger partial charge in [0.05, 0.1) is 0 Å². The summed E-state index contributed by atoms with van der Waals surface area (Å²) in [5, 5.41) is 0. The van der Waals surface area contributed by atoms with Crippen LogP contribution in [0.5, 0.6) is 0 Å². The summed E-state index contributed by atoms with van der Waals surface area (Å²) in [5.74, 6) is 2.83. The summed E-state index contributed by atoms with van der Waals surface area (Å²) in [6.07, 6.45) is 1.07. The molecule has 0 aliphatic rings. The van der Waals surface area contributed by atoms with Gasteiger partial charge in [0.15, 0.2) is 0 Å². The maximum atomic E-state index is 3.94. The number of hydrogen-bond acceptors (Lipinski definition) is 0. The second kappa shape index (κ2) is 20.4. The molecule has 0 N–H and O–H groups in total. The maximum absolute atomic E-state index is 3.94. The Morgan fingerprint density at radius 2 is 0.861 bits per heavy atom. The minimum atomic E-state index is 0. The van der Waals surface area contributed by atoms with Crippen LogP contribution in [0.2, 0.25) is 0 Å². The van der Waals surface area contributed by atoms with Crippen LogP contribution in [-0.2, 0) is 40.6 Å². The Morgan fingerprint density at radius 3 is 1.17 bits per heavy atom. The fourth-order valence-electron chi connectivity index (χ4n) is 3.79. The molecule has 0 saturated carbocycles. The van der Waals surface area contributed by atoms with Gasteiger partial charge in [0.1, 0.15) is 0 Å². The number of hydrogen-bond donors (Lipinski definition) is 0. The molecule has 3 rings (SSSR count). The maximum Gasteiger partial charge on any atom is 2.00 e. The van der Waals surface area contributed by atoms with Gasteiger partial charge in [0.25, 0.3) is 0 Å². The number of rotatable bonds is 3. The molecule has 0 spiro atoms. The van der Waals surface area contributed by atoms with Crippen molar-refractivity contribution < 1.29 is 34.1 Å². The third-order valence-corrected chi connectivity index (χ3v) is 4.84. The molecule has 0 heterocycles. The predicted molar refractivity (Wildman–Crippen MR) is 155 cm³/mol. The van der Waals surface area contributed by atoms with Crippen LogP contribution in [-0.4, -0.2) is 0 Å². The molecule has 0 aromatic heterocycles. The summed E-state index contributed by atoms with van der Waals surface area (Å²) < 4.78 is 0. The van der Waals surface area contributed by atoms with Crippen molar-refractivity contribution in [2.45, 2.75) is 82.6 Å². The first-order chi connectivity index (χ1) is 15.8. The van der Waals surface area contributed by atoms with E-state index in [0.29, 0.717) is 0 Å². The van der Waals surface area contributed by atoms with Crippen LogP contribution in [0.4, 0.5) is 0 Å². The fraction of sp³-hybridized carbons (Fsp3) is 0.353. The standard InChI is InChI=1S/C12H16.C11H15.C9H11.C2H6.2Mn/c1-9(2)5-12-7-10(3)6-11(4)8-12;1-8(2)11-6-9(3)5-10(4)7-11;1-7-4-8(2)6-9(3)5-7;1-2;;/h6-8H,3,5H2,1-2,4H3;5-7H,1-4H3;4-6H,1H2,2-3H3;1-2H3;;/q-2;2*-1;;2*+2. The van der Waals surface area contributed by atoms with E-state index in [-0.39, 0.29) is 34.1 Å². The van der Waals surface area contributed by atoms with Gasteiger partial charge in [-0.15, -0.1) is 33.4 Å². The number of aryl methyl sites for hydroxylation is 5. The molecule has 0 saturated heterocycles. The van der Waals surface area contributed by atoms with E-state index in [0.717, 1.165) is 17.5 Å². The SMILES string of the molecule is CC.Cc1cc(C)cc([C-](C)C)c1.[CH2-]c1cc(C)cc(C)c1.[CH2-]c1cc(C)cc(C[C-](C)C)c1.[Mn+2].[Mn+2].